The van der Waals surface area contributed by atoms with Gasteiger partial charge in [-0.1, -0.05) is 11.3 Å². The van der Waals surface area contributed by atoms with Gasteiger partial charge >= 0.3 is 0 Å². The third-order valence-electron chi connectivity index (χ3n) is 3.96. The lowest BCUT2D eigenvalue weighted by Gasteiger charge is -2.06. The Kier molecular flexibility index (Phi) is 5.66. The van der Waals surface area contributed by atoms with E-state index in [0.29, 0.717) is 22.0 Å². The van der Waals surface area contributed by atoms with E-state index >= 15 is 0 Å². The summed E-state index contributed by atoms with van der Waals surface area (Å²) in [5.74, 6) is 2.30. The largest absolute Gasteiger partial charge is 0.497 e. The molecule has 0 atom stereocenters. The van der Waals surface area contributed by atoms with E-state index in [9.17, 15) is 4.79 Å². The third-order valence-corrected chi connectivity index (χ3v) is 5.10. The molecule has 3 aromatic rings. The van der Waals surface area contributed by atoms with E-state index in [1.807, 2.05) is 23.7 Å². The highest BCUT2D eigenvalue weighted by Gasteiger charge is 2.14. The molecule has 8 heteroatoms. The van der Waals surface area contributed by atoms with Gasteiger partial charge in [0, 0.05) is 7.05 Å². The number of nitrogens with zero attached hydrogens (tertiary/aromatic N) is 2. The van der Waals surface area contributed by atoms with Crippen molar-refractivity contribution in [1.29, 1.82) is 0 Å². The maximum Gasteiger partial charge on any atom is 0.286 e. The molecular formula is C19H20N2O5S. The van der Waals surface area contributed by atoms with Gasteiger partial charge in [0.05, 0.1) is 21.3 Å². The molecule has 3 rings (SSSR count). The van der Waals surface area contributed by atoms with Crippen LogP contribution < -0.4 is 23.7 Å². The van der Waals surface area contributed by atoms with Crippen molar-refractivity contribution in [2.45, 2.75) is 0 Å². The van der Waals surface area contributed by atoms with E-state index in [4.69, 9.17) is 18.9 Å². The van der Waals surface area contributed by atoms with Crippen LogP contribution in [0.2, 0.25) is 0 Å². The highest BCUT2D eigenvalue weighted by atomic mass is 32.1. The fourth-order valence-corrected chi connectivity index (χ4v) is 3.73. The van der Waals surface area contributed by atoms with Crippen molar-refractivity contribution < 1.29 is 23.7 Å². The molecule has 0 radical (unpaired) electrons. The van der Waals surface area contributed by atoms with Gasteiger partial charge in [0.2, 0.25) is 0 Å². The summed E-state index contributed by atoms with van der Waals surface area (Å²) in [6, 6.07) is 10.7. The summed E-state index contributed by atoms with van der Waals surface area (Å²) in [6.45, 7) is -0.158. The van der Waals surface area contributed by atoms with Crippen LogP contribution in [0.5, 0.6) is 23.0 Å². The first kappa shape index (κ1) is 18.8. The fraction of sp³-hybridized carbons (Fsp3) is 0.263. The average Bonchev–Trinajstić information content (AvgIpc) is 3.02. The number of fused-ring (bicyclic) bond motifs is 1. The summed E-state index contributed by atoms with van der Waals surface area (Å²) in [5, 5.41) is 0. The SMILES string of the molecule is COc1ccc(OCC(=O)N=c2sc3c(OC)ccc(OC)c3n2C)cc1. The molecule has 0 spiro atoms. The molecule has 0 aliphatic carbocycles. The molecule has 27 heavy (non-hydrogen) atoms. The summed E-state index contributed by atoms with van der Waals surface area (Å²) in [6.07, 6.45) is 0. The second kappa shape index (κ2) is 8.13. The first-order chi connectivity index (χ1) is 13.1. The van der Waals surface area contributed by atoms with Gasteiger partial charge in [-0.2, -0.15) is 4.99 Å². The van der Waals surface area contributed by atoms with Crippen LogP contribution in [-0.4, -0.2) is 38.4 Å². The Balaban J connectivity index is 1.86. The Morgan fingerprint density at radius 3 is 2.22 bits per heavy atom. The van der Waals surface area contributed by atoms with Crippen LogP contribution in [0.4, 0.5) is 0 Å². The molecule has 1 heterocycles. The lowest BCUT2D eigenvalue weighted by molar-refractivity contribution is -0.120. The summed E-state index contributed by atoms with van der Waals surface area (Å²) in [5.41, 5.74) is 0.824. The monoisotopic (exact) mass is 388 g/mol. The second-order valence-electron chi connectivity index (χ2n) is 5.56. The highest BCUT2D eigenvalue weighted by Crippen LogP contribution is 2.34. The van der Waals surface area contributed by atoms with Gasteiger partial charge in [0.15, 0.2) is 11.4 Å². The maximum absolute atomic E-state index is 12.3. The summed E-state index contributed by atoms with van der Waals surface area (Å²) in [7, 11) is 6.62. The standard InChI is InChI=1S/C19H20N2O5S/c1-21-17-14(24-3)9-10-15(25-4)18(17)27-19(21)20-16(22)11-26-13-7-5-12(23-2)6-8-13/h5-10H,11H2,1-4H3. The minimum atomic E-state index is -0.383. The van der Waals surface area contributed by atoms with Crippen molar-refractivity contribution in [2.75, 3.05) is 27.9 Å². The van der Waals surface area contributed by atoms with Crippen molar-refractivity contribution >= 4 is 27.5 Å². The number of hydrogen-bond acceptors (Lipinski definition) is 6. The molecule has 0 bridgehead atoms. The lowest BCUT2D eigenvalue weighted by Crippen LogP contribution is -2.17. The Hall–Kier alpha value is -3.00. The lowest BCUT2D eigenvalue weighted by atomic mass is 10.3. The Morgan fingerprint density at radius 2 is 1.59 bits per heavy atom. The predicted octanol–water partition coefficient (Wildman–Crippen LogP) is 2.77. The average molecular weight is 388 g/mol. The number of benzene rings is 2. The van der Waals surface area contributed by atoms with E-state index in [0.717, 1.165) is 16.0 Å². The number of methoxy groups -OCH3 is 3. The van der Waals surface area contributed by atoms with Gasteiger partial charge in [0.1, 0.15) is 33.2 Å². The highest BCUT2D eigenvalue weighted by molar-refractivity contribution is 7.16. The van der Waals surface area contributed by atoms with Crippen molar-refractivity contribution in [2.24, 2.45) is 12.0 Å². The smallest absolute Gasteiger partial charge is 0.286 e. The van der Waals surface area contributed by atoms with Crippen LogP contribution in [0.15, 0.2) is 41.4 Å². The minimum Gasteiger partial charge on any atom is -0.497 e. The number of hydrogen-bond donors (Lipinski definition) is 0. The molecule has 7 nitrogen and oxygen atoms in total. The van der Waals surface area contributed by atoms with Gasteiger partial charge in [-0.3, -0.25) is 4.79 Å². The van der Waals surface area contributed by atoms with Gasteiger partial charge in [-0.15, -0.1) is 0 Å². The topological polar surface area (TPSA) is 71.3 Å². The Bertz CT molecular complexity index is 1020. The minimum absolute atomic E-state index is 0.158. The van der Waals surface area contributed by atoms with Crippen LogP contribution in [-0.2, 0) is 11.8 Å². The third kappa shape index (κ3) is 3.90. The van der Waals surface area contributed by atoms with Crippen LogP contribution in [0.1, 0.15) is 0 Å². The Morgan fingerprint density at radius 1 is 0.963 bits per heavy atom. The van der Waals surface area contributed by atoms with Crippen LogP contribution in [0.3, 0.4) is 0 Å². The summed E-state index contributed by atoms with van der Waals surface area (Å²) in [4.78, 5) is 17.0. The van der Waals surface area contributed by atoms with E-state index in [1.165, 1.54) is 11.3 Å². The zero-order valence-electron chi connectivity index (χ0n) is 15.5. The molecule has 0 aliphatic heterocycles. The number of rotatable bonds is 6. The molecule has 1 amide bonds. The summed E-state index contributed by atoms with van der Waals surface area (Å²) < 4.78 is 24.1. The molecular weight excluding hydrogens is 368 g/mol. The molecule has 0 aliphatic rings. The number of thiazole rings is 1. The van der Waals surface area contributed by atoms with Crippen molar-refractivity contribution in [3.63, 3.8) is 0 Å². The van der Waals surface area contributed by atoms with Gasteiger partial charge < -0.3 is 23.5 Å². The first-order valence-electron chi connectivity index (χ1n) is 8.12. The molecule has 0 fully saturated rings. The van der Waals surface area contributed by atoms with Gasteiger partial charge in [-0.25, -0.2) is 0 Å². The van der Waals surface area contributed by atoms with Crippen molar-refractivity contribution in [3.8, 4) is 23.0 Å². The second-order valence-corrected chi connectivity index (χ2v) is 6.54. The van der Waals surface area contributed by atoms with Crippen LogP contribution in [0.25, 0.3) is 10.2 Å². The predicted molar refractivity (Wildman–Crippen MR) is 103 cm³/mol. The molecule has 0 saturated heterocycles. The maximum atomic E-state index is 12.3. The molecule has 0 saturated carbocycles. The van der Waals surface area contributed by atoms with Crippen molar-refractivity contribution in [1.82, 2.24) is 4.57 Å². The molecule has 0 unspecified atom stereocenters. The number of carbonyl (C=O) groups is 1. The van der Waals surface area contributed by atoms with E-state index in [1.54, 1.807) is 45.6 Å². The number of aryl methyl sites for hydroxylation is 1. The normalized spacial score (nSPS) is 11.5. The molecule has 1 aromatic heterocycles. The van der Waals surface area contributed by atoms with Gasteiger partial charge in [-0.05, 0) is 36.4 Å². The van der Waals surface area contributed by atoms with Gasteiger partial charge in [0.25, 0.3) is 5.91 Å². The quantitative estimate of drug-likeness (QED) is 0.649. The number of aromatic nitrogens is 1. The fourth-order valence-electron chi connectivity index (χ4n) is 2.59. The van der Waals surface area contributed by atoms with Crippen LogP contribution in [0, 0.1) is 0 Å². The number of ether oxygens (including phenoxy) is 4. The van der Waals surface area contributed by atoms with E-state index in [-0.39, 0.29) is 12.5 Å². The van der Waals surface area contributed by atoms with E-state index < -0.39 is 0 Å². The summed E-state index contributed by atoms with van der Waals surface area (Å²) >= 11 is 1.36. The zero-order chi connectivity index (χ0) is 19.4. The zero-order valence-corrected chi connectivity index (χ0v) is 16.3. The molecule has 2 aromatic carbocycles. The number of amides is 1. The van der Waals surface area contributed by atoms with Crippen molar-refractivity contribution in [3.05, 3.63) is 41.2 Å². The Labute approximate surface area is 160 Å². The first-order valence-corrected chi connectivity index (χ1v) is 8.94. The van der Waals surface area contributed by atoms with E-state index in [2.05, 4.69) is 4.99 Å². The van der Waals surface area contributed by atoms with Crippen LogP contribution >= 0.6 is 11.3 Å². The number of carbonyl (C=O) groups excluding carboxylic acids is 1. The molecule has 142 valence electrons. The molecule has 0 N–H and O–H groups in total.